The van der Waals surface area contributed by atoms with Crippen LogP contribution in [0.1, 0.15) is 24.1 Å². The molecule has 0 bridgehead atoms. The lowest BCUT2D eigenvalue weighted by Crippen LogP contribution is -2.28. The van der Waals surface area contributed by atoms with Gasteiger partial charge in [0.05, 0.1) is 0 Å². The van der Waals surface area contributed by atoms with Gasteiger partial charge in [0, 0.05) is 31.4 Å². The van der Waals surface area contributed by atoms with Gasteiger partial charge in [-0.1, -0.05) is 6.07 Å². The van der Waals surface area contributed by atoms with Gasteiger partial charge in [0.15, 0.2) is 18.1 Å². The maximum absolute atomic E-state index is 12.1. The summed E-state index contributed by atoms with van der Waals surface area (Å²) in [4.78, 5) is 23.1. The number of amides is 1. The molecule has 0 saturated carbocycles. The third-order valence-corrected chi connectivity index (χ3v) is 4.49. The highest BCUT2D eigenvalue weighted by Crippen LogP contribution is 2.32. The van der Waals surface area contributed by atoms with Gasteiger partial charge in [0.25, 0.3) is 5.91 Å². The average Bonchev–Trinajstić information content (AvgIpc) is 3.35. The Morgan fingerprint density at radius 1 is 1.19 bits per heavy atom. The minimum Gasteiger partial charge on any atom is -0.467 e. The van der Waals surface area contributed by atoms with Gasteiger partial charge in [-0.25, -0.2) is 4.98 Å². The van der Waals surface area contributed by atoms with E-state index < -0.39 is 0 Å². The van der Waals surface area contributed by atoms with Gasteiger partial charge in [-0.05, 0) is 37.5 Å². The molecule has 8 heteroatoms. The van der Waals surface area contributed by atoms with E-state index in [2.05, 4.69) is 20.2 Å². The van der Waals surface area contributed by atoms with Crippen LogP contribution >= 0.6 is 0 Å². The van der Waals surface area contributed by atoms with Crippen LogP contribution < -0.4 is 24.4 Å². The van der Waals surface area contributed by atoms with Crippen molar-refractivity contribution in [2.24, 2.45) is 0 Å². The van der Waals surface area contributed by atoms with Crippen LogP contribution in [0.5, 0.6) is 17.4 Å². The first-order chi connectivity index (χ1) is 13.2. The van der Waals surface area contributed by atoms with Crippen molar-refractivity contribution in [1.82, 2.24) is 15.3 Å². The van der Waals surface area contributed by atoms with Crippen molar-refractivity contribution in [3.63, 3.8) is 0 Å². The third kappa shape index (κ3) is 4.21. The summed E-state index contributed by atoms with van der Waals surface area (Å²) in [6, 6.07) is 7.33. The molecule has 2 aliphatic heterocycles. The van der Waals surface area contributed by atoms with E-state index in [4.69, 9.17) is 14.2 Å². The van der Waals surface area contributed by atoms with Gasteiger partial charge in [0.2, 0.25) is 18.6 Å². The Morgan fingerprint density at radius 3 is 2.85 bits per heavy atom. The van der Waals surface area contributed by atoms with Gasteiger partial charge >= 0.3 is 0 Å². The number of anilines is 1. The van der Waals surface area contributed by atoms with Gasteiger partial charge in [0.1, 0.15) is 0 Å². The predicted molar refractivity (Wildman–Crippen MR) is 98.1 cm³/mol. The summed E-state index contributed by atoms with van der Waals surface area (Å²) in [5.41, 5.74) is 1.75. The summed E-state index contributed by atoms with van der Waals surface area (Å²) in [7, 11) is 0. The van der Waals surface area contributed by atoms with E-state index in [-0.39, 0.29) is 19.3 Å². The van der Waals surface area contributed by atoms with Crippen LogP contribution in [0.4, 0.5) is 5.95 Å². The Balaban J connectivity index is 1.30. The first-order valence-corrected chi connectivity index (χ1v) is 9.06. The smallest absolute Gasteiger partial charge is 0.258 e. The first kappa shape index (κ1) is 17.4. The van der Waals surface area contributed by atoms with Crippen LogP contribution in [0.2, 0.25) is 0 Å². The number of nitrogens with one attached hydrogen (secondary N) is 1. The Labute approximate surface area is 157 Å². The van der Waals surface area contributed by atoms with E-state index in [9.17, 15) is 4.79 Å². The molecule has 0 aliphatic carbocycles. The van der Waals surface area contributed by atoms with Crippen molar-refractivity contribution in [3.8, 4) is 17.4 Å². The Bertz CT molecular complexity index is 836. The highest BCUT2D eigenvalue weighted by atomic mass is 16.7. The fourth-order valence-electron chi connectivity index (χ4n) is 3.10. The summed E-state index contributed by atoms with van der Waals surface area (Å²) < 4.78 is 16.2. The second-order valence-corrected chi connectivity index (χ2v) is 6.59. The molecule has 1 fully saturated rings. The number of hydrogen-bond donors (Lipinski definition) is 1. The molecule has 2 aromatic rings. The van der Waals surface area contributed by atoms with Crippen molar-refractivity contribution in [2.75, 3.05) is 31.4 Å². The maximum Gasteiger partial charge on any atom is 0.258 e. The standard InChI is InChI=1S/C19H22N4O4/c1-13-8-18(22-19(21-13)23-6-2-3-7-23)25-11-17(24)20-10-14-4-5-15-16(9-14)27-12-26-15/h4-5,8-9H,2-3,6-7,10-12H2,1H3,(H,20,24). The molecule has 2 aliphatic rings. The molecule has 1 saturated heterocycles. The number of aryl methyl sites for hydroxylation is 1. The summed E-state index contributed by atoms with van der Waals surface area (Å²) in [5, 5.41) is 2.83. The molecule has 0 atom stereocenters. The summed E-state index contributed by atoms with van der Waals surface area (Å²) in [6.45, 7) is 4.34. The quantitative estimate of drug-likeness (QED) is 0.830. The van der Waals surface area contributed by atoms with Gasteiger partial charge in [-0.15, -0.1) is 0 Å². The highest BCUT2D eigenvalue weighted by Gasteiger charge is 2.17. The lowest BCUT2D eigenvalue weighted by molar-refractivity contribution is -0.123. The molecule has 27 heavy (non-hydrogen) atoms. The van der Waals surface area contributed by atoms with E-state index in [1.54, 1.807) is 6.07 Å². The zero-order chi connectivity index (χ0) is 18.6. The minimum absolute atomic E-state index is 0.0968. The molecule has 0 radical (unpaired) electrons. The number of aromatic nitrogens is 2. The molecule has 3 heterocycles. The van der Waals surface area contributed by atoms with E-state index >= 15 is 0 Å². The lowest BCUT2D eigenvalue weighted by Gasteiger charge is -2.16. The number of fused-ring (bicyclic) bond motifs is 1. The fourth-order valence-corrected chi connectivity index (χ4v) is 3.10. The lowest BCUT2D eigenvalue weighted by atomic mass is 10.2. The number of benzene rings is 1. The third-order valence-electron chi connectivity index (χ3n) is 4.49. The molecule has 0 spiro atoms. The number of rotatable bonds is 6. The zero-order valence-corrected chi connectivity index (χ0v) is 15.2. The second kappa shape index (κ2) is 7.69. The predicted octanol–water partition coefficient (Wildman–Crippen LogP) is 1.81. The zero-order valence-electron chi connectivity index (χ0n) is 15.2. The van der Waals surface area contributed by atoms with Crippen molar-refractivity contribution >= 4 is 11.9 Å². The molecular formula is C19H22N4O4. The Morgan fingerprint density at radius 2 is 2.00 bits per heavy atom. The number of carbonyl (C=O) groups is 1. The van der Waals surface area contributed by atoms with E-state index in [0.29, 0.717) is 24.1 Å². The van der Waals surface area contributed by atoms with Crippen molar-refractivity contribution in [3.05, 3.63) is 35.5 Å². The van der Waals surface area contributed by atoms with Crippen LogP contribution in [-0.2, 0) is 11.3 Å². The van der Waals surface area contributed by atoms with Gasteiger partial charge < -0.3 is 24.4 Å². The Kier molecular flexibility index (Phi) is 4.95. The summed E-state index contributed by atoms with van der Waals surface area (Å²) in [5.74, 6) is 2.29. The fraction of sp³-hybridized carbons (Fsp3) is 0.421. The van der Waals surface area contributed by atoms with Crippen molar-refractivity contribution in [2.45, 2.75) is 26.3 Å². The molecule has 0 unspecified atom stereocenters. The molecule has 1 aromatic carbocycles. The monoisotopic (exact) mass is 370 g/mol. The molecule has 8 nitrogen and oxygen atoms in total. The van der Waals surface area contributed by atoms with Crippen molar-refractivity contribution in [1.29, 1.82) is 0 Å². The number of nitrogens with zero attached hydrogens (tertiary/aromatic N) is 3. The molecular weight excluding hydrogens is 348 g/mol. The Hall–Kier alpha value is -3.03. The molecule has 4 rings (SSSR count). The van der Waals surface area contributed by atoms with E-state index in [1.807, 2.05) is 25.1 Å². The highest BCUT2D eigenvalue weighted by molar-refractivity contribution is 5.77. The number of hydrogen-bond acceptors (Lipinski definition) is 7. The normalized spacial score (nSPS) is 15.1. The average molecular weight is 370 g/mol. The molecule has 142 valence electrons. The van der Waals surface area contributed by atoms with Crippen LogP contribution in [0.3, 0.4) is 0 Å². The van der Waals surface area contributed by atoms with E-state index in [1.165, 1.54) is 0 Å². The van der Waals surface area contributed by atoms with Crippen LogP contribution in [0.25, 0.3) is 0 Å². The topological polar surface area (TPSA) is 85.8 Å². The number of ether oxygens (including phenoxy) is 3. The summed E-state index contributed by atoms with van der Waals surface area (Å²) >= 11 is 0. The summed E-state index contributed by atoms with van der Waals surface area (Å²) in [6.07, 6.45) is 2.30. The van der Waals surface area contributed by atoms with Gasteiger partial charge in [-0.3, -0.25) is 4.79 Å². The molecule has 1 amide bonds. The minimum atomic E-state index is -0.216. The van der Waals surface area contributed by atoms with E-state index in [0.717, 1.165) is 42.9 Å². The van der Waals surface area contributed by atoms with Crippen LogP contribution in [-0.4, -0.2) is 42.4 Å². The van der Waals surface area contributed by atoms with Crippen LogP contribution in [0, 0.1) is 6.92 Å². The largest absolute Gasteiger partial charge is 0.467 e. The van der Waals surface area contributed by atoms with Crippen LogP contribution in [0.15, 0.2) is 24.3 Å². The first-order valence-electron chi connectivity index (χ1n) is 9.06. The molecule has 1 aromatic heterocycles. The van der Waals surface area contributed by atoms with Gasteiger partial charge in [-0.2, -0.15) is 4.98 Å². The van der Waals surface area contributed by atoms with Crippen molar-refractivity contribution < 1.29 is 19.0 Å². The molecule has 1 N–H and O–H groups in total. The second-order valence-electron chi connectivity index (χ2n) is 6.59. The number of carbonyl (C=O) groups excluding carboxylic acids is 1. The SMILES string of the molecule is Cc1cc(OCC(=O)NCc2ccc3c(c2)OCO3)nc(N2CCCC2)n1. The maximum atomic E-state index is 12.1.